The van der Waals surface area contributed by atoms with Gasteiger partial charge in [0, 0.05) is 26.2 Å². The zero-order chi connectivity index (χ0) is 16.2. The van der Waals surface area contributed by atoms with Gasteiger partial charge >= 0.3 is 6.18 Å². The van der Waals surface area contributed by atoms with E-state index >= 15 is 0 Å². The number of ether oxygens (including phenoxy) is 1. The van der Waals surface area contributed by atoms with Crippen LogP contribution in [0.5, 0.6) is 5.75 Å². The van der Waals surface area contributed by atoms with Crippen LogP contribution in [0.4, 0.5) is 17.6 Å². The highest BCUT2D eigenvalue weighted by molar-refractivity contribution is 5.85. The zero-order valence-electron chi connectivity index (χ0n) is 12.2. The van der Waals surface area contributed by atoms with Crippen molar-refractivity contribution < 1.29 is 27.1 Å². The maximum Gasteiger partial charge on any atom is 0.401 e. The first-order valence-corrected chi connectivity index (χ1v) is 6.79. The number of alkyl halides is 3. The molecular formula is C14H17ClF4N2O2. The molecule has 0 aromatic heterocycles. The Morgan fingerprint density at radius 3 is 2.17 bits per heavy atom. The molecule has 0 saturated carbocycles. The number of amides is 1. The molecule has 1 aromatic carbocycles. The Balaban J connectivity index is 0.00000264. The fraction of sp³-hybridized carbons (Fsp3) is 0.500. The number of carbonyl (C=O) groups is 1. The van der Waals surface area contributed by atoms with Gasteiger partial charge < -0.3 is 9.64 Å². The normalized spacial score (nSPS) is 15.9. The van der Waals surface area contributed by atoms with E-state index in [1.54, 1.807) is 0 Å². The predicted octanol–water partition coefficient (Wildman–Crippen LogP) is 2.33. The second-order valence-electron chi connectivity index (χ2n) is 5.01. The summed E-state index contributed by atoms with van der Waals surface area (Å²) in [6.07, 6.45) is -4.22. The number of halogens is 5. The van der Waals surface area contributed by atoms with Gasteiger partial charge in [-0.1, -0.05) is 0 Å². The van der Waals surface area contributed by atoms with E-state index in [4.69, 9.17) is 4.74 Å². The topological polar surface area (TPSA) is 32.8 Å². The third-order valence-electron chi connectivity index (χ3n) is 3.30. The number of hydrogen-bond acceptors (Lipinski definition) is 3. The van der Waals surface area contributed by atoms with E-state index in [0.29, 0.717) is 5.75 Å². The lowest BCUT2D eigenvalue weighted by Gasteiger charge is -2.34. The minimum absolute atomic E-state index is 0. The van der Waals surface area contributed by atoms with Gasteiger partial charge in [0.1, 0.15) is 11.6 Å². The van der Waals surface area contributed by atoms with Crippen molar-refractivity contribution >= 4 is 18.3 Å². The molecule has 1 saturated heterocycles. The van der Waals surface area contributed by atoms with Gasteiger partial charge in [0.2, 0.25) is 0 Å². The Kier molecular flexibility index (Phi) is 7.08. The van der Waals surface area contributed by atoms with Crippen molar-refractivity contribution in [2.45, 2.75) is 6.18 Å². The van der Waals surface area contributed by atoms with Crippen LogP contribution < -0.4 is 4.74 Å². The van der Waals surface area contributed by atoms with Gasteiger partial charge in [-0.15, -0.1) is 12.4 Å². The average molecular weight is 357 g/mol. The van der Waals surface area contributed by atoms with Crippen LogP contribution in [0.2, 0.25) is 0 Å². The Labute approximate surface area is 137 Å². The number of benzene rings is 1. The van der Waals surface area contributed by atoms with E-state index in [1.165, 1.54) is 34.1 Å². The molecule has 9 heteroatoms. The quantitative estimate of drug-likeness (QED) is 0.776. The van der Waals surface area contributed by atoms with Gasteiger partial charge in [-0.05, 0) is 24.3 Å². The van der Waals surface area contributed by atoms with Crippen molar-refractivity contribution in [3.63, 3.8) is 0 Å². The summed E-state index contributed by atoms with van der Waals surface area (Å²) in [5.41, 5.74) is 0. The molecule has 0 aliphatic carbocycles. The van der Waals surface area contributed by atoms with Gasteiger partial charge in [0.15, 0.2) is 6.61 Å². The lowest BCUT2D eigenvalue weighted by atomic mass is 10.3. The van der Waals surface area contributed by atoms with Gasteiger partial charge in [0.25, 0.3) is 5.91 Å². The van der Waals surface area contributed by atoms with E-state index in [1.807, 2.05) is 0 Å². The van der Waals surface area contributed by atoms with Crippen molar-refractivity contribution in [1.29, 1.82) is 0 Å². The average Bonchev–Trinajstić information content (AvgIpc) is 2.45. The maximum atomic E-state index is 12.7. The Morgan fingerprint density at radius 2 is 1.65 bits per heavy atom. The third kappa shape index (κ3) is 6.62. The minimum Gasteiger partial charge on any atom is -0.484 e. The SMILES string of the molecule is Cl.O=C(COc1ccc(F)cc1)N1CCN(CC(F)(F)F)CC1. The molecule has 2 rings (SSSR count). The van der Waals surface area contributed by atoms with E-state index in [0.717, 1.165) is 0 Å². The minimum atomic E-state index is -4.22. The molecule has 1 fully saturated rings. The molecule has 1 aliphatic heterocycles. The number of carbonyl (C=O) groups excluding carboxylic acids is 1. The summed E-state index contributed by atoms with van der Waals surface area (Å²) in [6, 6.07) is 5.25. The maximum absolute atomic E-state index is 12.7. The first kappa shape index (κ1) is 19.5. The molecule has 0 atom stereocenters. The Bertz CT molecular complexity index is 502. The third-order valence-corrected chi connectivity index (χ3v) is 3.30. The van der Waals surface area contributed by atoms with Gasteiger partial charge in [0.05, 0.1) is 6.54 Å². The molecule has 0 unspecified atom stereocenters. The molecule has 1 amide bonds. The lowest BCUT2D eigenvalue weighted by Crippen LogP contribution is -2.51. The second kappa shape index (κ2) is 8.35. The largest absolute Gasteiger partial charge is 0.484 e. The highest BCUT2D eigenvalue weighted by Gasteiger charge is 2.32. The van der Waals surface area contributed by atoms with Crippen LogP contribution in [-0.4, -0.2) is 61.2 Å². The van der Waals surface area contributed by atoms with Crippen LogP contribution in [0, 0.1) is 5.82 Å². The molecule has 23 heavy (non-hydrogen) atoms. The number of piperazine rings is 1. The van der Waals surface area contributed by atoms with Crippen LogP contribution in [0.3, 0.4) is 0 Å². The molecule has 0 bridgehead atoms. The highest BCUT2D eigenvalue weighted by Crippen LogP contribution is 2.17. The summed E-state index contributed by atoms with van der Waals surface area (Å²) in [6.45, 7) is -0.334. The molecule has 1 aliphatic rings. The monoisotopic (exact) mass is 356 g/mol. The lowest BCUT2D eigenvalue weighted by molar-refractivity contribution is -0.152. The van der Waals surface area contributed by atoms with Crippen molar-refractivity contribution in [3.05, 3.63) is 30.1 Å². The second-order valence-corrected chi connectivity index (χ2v) is 5.01. The van der Waals surface area contributed by atoms with Crippen molar-refractivity contribution in [2.75, 3.05) is 39.3 Å². The Morgan fingerprint density at radius 1 is 1.09 bits per heavy atom. The first-order chi connectivity index (χ1) is 10.3. The van der Waals surface area contributed by atoms with Crippen molar-refractivity contribution in [2.24, 2.45) is 0 Å². The summed E-state index contributed by atoms with van der Waals surface area (Å²) in [4.78, 5) is 14.7. The summed E-state index contributed by atoms with van der Waals surface area (Å²) in [5, 5.41) is 0. The van der Waals surface area contributed by atoms with E-state index in [9.17, 15) is 22.4 Å². The molecule has 4 nitrogen and oxygen atoms in total. The van der Waals surface area contributed by atoms with Crippen molar-refractivity contribution in [3.8, 4) is 5.75 Å². The molecule has 0 radical (unpaired) electrons. The van der Waals surface area contributed by atoms with E-state index < -0.39 is 18.5 Å². The van der Waals surface area contributed by atoms with E-state index in [2.05, 4.69) is 0 Å². The fourth-order valence-corrected chi connectivity index (χ4v) is 2.18. The zero-order valence-corrected chi connectivity index (χ0v) is 13.0. The molecule has 0 spiro atoms. The summed E-state index contributed by atoms with van der Waals surface area (Å²) < 4.78 is 54.7. The molecule has 130 valence electrons. The number of rotatable bonds is 4. The standard InChI is InChI=1S/C14H16F4N2O2.ClH/c15-11-1-3-12(4-2-11)22-9-13(21)20-7-5-19(6-8-20)10-14(16,17)18;/h1-4H,5-10H2;1H. The van der Waals surface area contributed by atoms with Crippen molar-refractivity contribution in [1.82, 2.24) is 9.80 Å². The molecule has 0 N–H and O–H groups in total. The number of hydrogen-bond donors (Lipinski definition) is 0. The van der Waals surface area contributed by atoms with Crippen LogP contribution in [0.1, 0.15) is 0 Å². The molecule has 1 heterocycles. The first-order valence-electron chi connectivity index (χ1n) is 6.79. The van der Waals surface area contributed by atoms with E-state index in [-0.39, 0.29) is 51.1 Å². The fourth-order valence-electron chi connectivity index (χ4n) is 2.18. The van der Waals surface area contributed by atoms with Gasteiger partial charge in [-0.25, -0.2) is 4.39 Å². The molecular weight excluding hydrogens is 340 g/mol. The Hall–Kier alpha value is -1.54. The van der Waals surface area contributed by atoms with Crippen LogP contribution in [0.25, 0.3) is 0 Å². The summed E-state index contributed by atoms with van der Waals surface area (Å²) in [5.74, 6) is -0.332. The van der Waals surface area contributed by atoms with Gasteiger partial charge in [-0.2, -0.15) is 13.2 Å². The van der Waals surface area contributed by atoms with Gasteiger partial charge in [-0.3, -0.25) is 9.69 Å². The summed E-state index contributed by atoms with van der Waals surface area (Å²) >= 11 is 0. The predicted molar refractivity (Wildman–Crippen MR) is 78.2 cm³/mol. The number of nitrogens with zero attached hydrogens (tertiary/aromatic N) is 2. The van der Waals surface area contributed by atoms with Crippen LogP contribution in [0.15, 0.2) is 24.3 Å². The highest BCUT2D eigenvalue weighted by atomic mass is 35.5. The van der Waals surface area contributed by atoms with Crippen LogP contribution in [-0.2, 0) is 4.79 Å². The smallest absolute Gasteiger partial charge is 0.401 e. The summed E-state index contributed by atoms with van der Waals surface area (Å²) in [7, 11) is 0. The van der Waals surface area contributed by atoms with Crippen LogP contribution >= 0.6 is 12.4 Å². The molecule has 1 aromatic rings.